The molecule has 5 nitrogen and oxygen atoms in total. The van der Waals surface area contributed by atoms with E-state index in [9.17, 15) is 9.18 Å². The molecule has 112 valence electrons. The van der Waals surface area contributed by atoms with E-state index in [4.69, 9.17) is 15.7 Å². The number of aromatic nitrogens is 1. The van der Waals surface area contributed by atoms with Gasteiger partial charge in [0.1, 0.15) is 11.9 Å². The lowest BCUT2D eigenvalue weighted by molar-refractivity contribution is 0.0593. The van der Waals surface area contributed by atoms with Gasteiger partial charge in [0.15, 0.2) is 5.69 Å². The third kappa shape index (κ3) is 2.21. The number of nitriles is 1. The molecule has 1 heterocycles. The summed E-state index contributed by atoms with van der Waals surface area (Å²) in [6, 6.07) is 6.55. The number of anilines is 1. The first kappa shape index (κ1) is 14.1. The van der Waals surface area contributed by atoms with E-state index in [2.05, 4.69) is 0 Å². The van der Waals surface area contributed by atoms with Crippen LogP contribution in [-0.2, 0) is 4.74 Å². The Kier molecular flexibility index (Phi) is 3.33. The number of benzene rings is 1. The van der Waals surface area contributed by atoms with Crippen molar-refractivity contribution >= 4 is 11.7 Å². The Morgan fingerprint density at radius 1 is 1.50 bits per heavy atom. The van der Waals surface area contributed by atoms with E-state index in [1.165, 1.54) is 23.9 Å². The summed E-state index contributed by atoms with van der Waals surface area (Å²) in [4.78, 5) is 11.9. The lowest BCUT2D eigenvalue weighted by atomic mass is 10.1. The topological polar surface area (TPSA) is 81.0 Å². The molecule has 0 atom stereocenters. The van der Waals surface area contributed by atoms with E-state index < -0.39 is 5.97 Å². The number of methoxy groups -OCH3 is 1. The van der Waals surface area contributed by atoms with E-state index >= 15 is 0 Å². The number of ether oxygens (including phenoxy) is 1. The molecule has 1 saturated carbocycles. The number of rotatable bonds is 3. The molecule has 2 N–H and O–H groups in total. The fourth-order valence-electron chi connectivity index (χ4n) is 2.51. The second-order valence-corrected chi connectivity index (χ2v) is 5.26. The first-order valence-electron chi connectivity index (χ1n) is 6.86. The molecule has 0 unspecified atom stereocenters. The van der Waals surface area contributed by atoms with Gasteiger partial charge in [0.2, 0.25) is 0 Å². The maximum Gasteiger partial charge on any atom is 0.357 e. The zero-order valence-electron chi connectivity index (χ0n) is 12.0. The number of nitrogens with two attached hydrogens (primary N) is 1. The Labute approximate surface area is 126 Å². The van der Waals surface area contributed by atoms with E-state index in [-0.39, 0.29) is 28.7 Å². The fourth-order valence-corrected chi connectivity index (χ4v) is 2.51. The molecular formula is C16H14FN3O2. The van der Waals surface area contributed by atoms with Gasteiger partial charge in [0, 0.05) is 11.9 Å². The Bertz CT molecular complexity index is 800. The Morgan fingerprint density at radius 2 is 2.23 bits per heavy atom. The summed E-state index contributed by atoms with van der Waals surface area (Å²) in [6.07, 6.45) is 3.38. The van der Waals surface area contributed by atoms with Crippen molar-refractivity contribution in [3.8, 4) is 11.8 Å². The minimum Gasteiger partial charge on any atom is -0.464 e. The van der Waals surface area contributed by atoms with Gasteiger partial charge in [0.25, 0.3) is 0 Å². The summed E-state index contributed by atoms with van der Waals surface area (Å²) in [5, 5.41) is 9.10. The summed E-state index contributed by atoms with van der Waals surface area (Å²) in [5.41, 5.74) is 7.37. The number of carbonyl (C=O) groups excluding carboxylic acids is 1. The van der Waals surface area contributed by atoms with Gasteiger partial charge < -0.3 is 15.0 Å². The highest BCUT2D eigenvalue weighted by molar-refractivity contribution is 5.95. The average Bonchev–Trinajstić information content (AvgIpc) is 3.30. The third-order valence-electron chi connectivity index (χ3n) is 3.82. The highest BCUT2D eigenvalue weighted by atomic mass is 19.1. The Hall–Kier alpha value is -2.81. The maximum atomic E-state index is 13.9. The van der Waals surface area contributed by atoms with Crippen LogP contribution in [0.2, 0.25) is 0 Å². The van der Waals surface area contributed by atoms with Gasteiger partial charge in [-0.2, -0.15) is 5.26 Å². The monoisotopic (exact) mass is 299 g/mol. The van der Waals surface area contributed by atoms with Gasteiger partial charge in [-0.3, -0.25) is 0 Å². The lowest BCUT2D eigenvalue weighted by Crippen LogP contribution is -2.11. The summed E-state index contributed by atoms with van der Waals surface area (Å²) >= 11 is 0. The van der Waals surface area contributed by atoms with Gasteiger partial charge >= 0.3 is 5.97 Å². The van der Waals surface area contributed by atoms with Crippen molar-refractivity contribution in [1.29, 1.82) is 5.26 Å². The van der Waals surface area contributed by atoms with Crippen LogP contribution >= 0.6 is 0 Å². The van der Waals surface area contributed by atoms with Crippen LogP contribution in [0.1, 0.15) is 40.4 Å². The number of carbonyl (C=O) groups is 1. The van der Waals surface area contributed by atoms with Crippen LogP contribution in [0.15, 0.2) is 24.4 Å². The smallest absolute Gasteiger partial charge is 0.357 e. The standard InChI is InChI=1S/C16H14FN3O2/c1-22-16(21)15-14(19)10(7-18)8-20(15)11-4-5-13(17)12(6-11)9-2-3-9/h4-6,8-9H,2-3,19H2,1H3. The number of esters is 1. The van der Waals surface area contributed by atoms with E-state index in [0.29, 0.717) is 11.3 Å². The molecule has 0 bridgehead atoms. The van der Waals surface area contributed by atoms with Crippen molar-refractivity contribution in [2.24, 2.45) is 0 Å². The zero-order valence-corrected chi connectivity index (χ0v) is 12.0. The van der Waals surface area contributed by atoms with Crippen LogP contribution in [0, 0.1) is 17.1 Å². The molecule has 0 saturated heterocycles. The van der Waals surface area contributed by atoms with E-state index in [1.54, 1.807) is 12.1 Å². The quantitative estimate of drug-likeness (QED) is 0.884. The van der Waals surface area contributed by atoms with E-state index in [1.807, 2.05) is 6.07 Å². The molecule has 22 heavy (non-hydrogen) atoms. The van der Waals surface area contributed by atoms with Gasteiger partial charge in [0.05, 0.1) is 18.4 Å². The molecule has 0 aliphatic heterocycles. The highest BCUT2D eigenvalue weighted by Gasteiger charge is 2.28. The first-order valence-corrected chi connectivity index (χ1v) is 6.86. The Morgan fingerprint density at radius 3 is 2.82 bits per heavy atom. The molecular weight excluding hydrogens is 285 g/mol. The van der Waals surface area contributed by atoms with E-state index in [0.717, 1.165) is 12.8 Å². The summed E-state index contributed by atoms with van der Waals surface area (Å²) < 4.78 is 20.1. The number of hydrogen-bond acceptors (Lipinski definition) is 4. The summed E-state index contributed by atoms with van der Waals surface area (Å²) in [6.45, 7) is 0. The molecule has 1 fully saturated rings. The molecule has 0 radical (unpaired) electrons. The minimum absolute atomic E-state index is 0.0617. The average molecular weight is 299 g/mol. The molecule has 3 rings (SSSR count). The number of nitrogen functional groups attached to an aromatic ring is 1. The minimum atomic E-state index is -0.642. The Balaban J connectivity index is 2.18. The predicted molar refractivity (Wildman–Crippen MR) is 78.2 cm³/mol. The number of nitrogens with zero attached hydrogens (tertiary/aromatic N) is 2. The molecule has 1 aliphatic carbocycles. The van der Waals surface area contributed by atoms with Gasteiger partial charge in [-0.1, -0.05) is 0 Å². The van der Waals surface area contributed by atoms with Crippen molar-refractivity contribution in [2.75, 3.05) is 12.8 Å². The van der Waals surface area contributed by atoms with Crippen LogP contribution in [0.4, 0.5) is 10.1 Å². The lowest BCUT2D eigenvalue weighted by Gasteiger charge is -2.10. The predicted octanol–water partition coefficient (Wildman–Crippen LogP) is 2.73. The van der Waals surface area contributed by atoms with Gasteiger partial charge in [-0.15, -0.1) is 0 Å². The SMILES string of the molecule is COC(=O)c1c(N)c(C#N)cn1-c1ccc(F)c(C2CC2)c1. The molecule has 0 spiro atoms. The molecule has 6 heteroatoms. The molecule has 0 amide bonds. The third-order valence-corrected chi connectivity index (χ3v) is 3.82. The summed E-state index contributed by atoms with van der Waals surface area (Å²) in [5.74, 6) is -0.673. The van der Waals surface area contributed by atoms with Gasteiger partial charge in [-0.05, 0) is 42.5 Å². The van der Waals surface area contributed by atoms with Crippen molar-refractivity contribution < 1.29 is 13.9 Å². The van der Waals surface area contributed by atoms with Crippen LogP contribution in [0.25, 0.3) is 5.69 Å². The second kappa shape index (κ2) is 5.19. The fraction of sp³-hybridized carbons (Fsp3) is 0.250. The van der Waals surface area contributed by atoms with Gasteiger partial charge in [-0.25, -0.2) is 9.18 Å². The number of hydrogen-bond donors (Lipinski definition) is 1. The van der Waals surface area contributed by atoms with Crippen molar-refractivity contribution in [2.45, 2.75) is 18.8 Å². The number of halogens is 1. The van der Waals surface area contributed by atoms with Crippen molar-refractivity contribution in [3.63, 3.8) is 0 Å². The van der Waals surface area contributed by atoms with Crippen LogP contribution in [0.3, 0.4) is 0 Å². The maximum absolute atomic E-state index is 13.9. The second-order valence-electron chi connectivity index (χ2n) is 5.26. The van der Waals surface area contributed by atoms with Crippen molar-refractivity contribution in [1.82, 2.24) is 4.57 Å². The highest BCUT2D eigenvalue weighted by Crippen LogP contribution is 2.42. The summed E-state index contributed by atoms with van der Waals surface area (Å²) in [7, 11) is 1.24. The zero-order chi connectivity index (χ0) is 15.9. The first-order chi connectivity index (χ1) is 10.6. The largest absolute Gasteiger partial charge is 0.464 e. The van der Waals surface area contributed by atoms with Crippen LogP contribution in [-0.4, -0.2) is 17.6 Å². The molecule has 1 aliphatic rings. The van der Waals surface area contributed by atoms with Crippen LogP contribution < -0.4 is 5.73 Å². The molecule has 2 aromatic rings. The molecule has 1 aromatic carbocycles. The van der Waals surface area contributed by atoms with Crippen LogP contribution in [0.5, 0.6) is 0 Å². The van der Waals surface area contributed by atoms with Crippen molar-refractivity contribution in [3.05, 3.63) is 47.0 Å². The normalized spacial score (nSPS) is 13.7. The molecule has 1 aromatic heterocycles.